The number of anilines is 2. The van der Waals surface area contributed by atoms with Gasteiger partial charge in [0.25, 0.3) is 17.5 Å². The maximum Gasteiger partial charge on any atom is 0.271 e. The Bertz CT molecular complexity index is 1370. The molecule has 0 fully saturated rings. The van der Waals surface area contributed by atoms with Crippen LogP contribution in [0.2, 0.25) is 0 Å². The zero-order valence-corrected chi connectivity index (χ0v) is 20.4. The SMILES string of the molecule is COc1ccc(NC(=O)COc2ccc(Br)cc2/C=C(/C#N)C(=O)Nc2cccc([N+](=O)[O-])c2)cc1. The summed E-state index contributed by atoms with van der Waals surface area (Å²) in [4.78, 5) is 35.3. The van der Waals surface area contributed by atoms with Crippen LogP contribution < -0.4 is 20.1 Å². The lowest BCUT2D eigenvalue weighted by Gasteiger charge is -2.11. The summed E-state index contributed by atoms with van der Waals surface area (Å²) in [5, 5.41) is 25.7. The van der Waals surface area contributed by atoms with Crippen molar-refractivity contribution in [3.05, 3.63) is 92.5 Å². The molecule has 0 radical (unpaired) electrons. The quantitative estimate of drug-likeness (QED) is 0.166. The van der Waals surface area contributed by atoms with Crippen LogP contribution in [-0.4, -0.2) is 30.5 Å². The summed E-state index contributed by atoms with van der Waals surface area (Å²) in [5.74, 6) is -0.263. The number of carbonyl (C=O) groups is 2. The number of hydrogen-bond acceptors (Lipinski definition) is 7. The maximum absolute atomic E-state index is 12.6. The van der Waals surface area contributed by atoms with Gasteiger partial charge in [0.05, 0.1) is 12.0 Å². The molecular formula is C25H19BrN4O6. The largest absolute Gasteiger partial charge is 0.497 e. The van der Waals surface area contributed by atoms with Crippen LogP contribution in [0.3, 0.4) is 0 Å². The summed E-state index contributed by atoms with van der Waals surface area (Å²) in [6, 6.07) is 18.8. The van der Waals surface area contributed by atoms with Gasteiger partial charge in [0.15, 0.2) is 6.61 Å². The molecule has 2 amide bonds. The van der Waals surface area contributed by atoms with E-state index in [9.17, 15) is 25.0 Å². The topological polar surface area (TPSA) is 144 Å². The average Bonchev–Trinajstić information content (AvgIpc) is 2.87. The van der Waals surface area contributed by atoms with Crippen LogP contribution in [0.25, 0.3) is 6.08 Å². The molecule has 36 heavy (non-hydrogen) atoms. The van der Waals surface area contributed by atoms with Gasteiger partial charge in [-0.05, 0) is 54.6 Å². The molecule has 0 aliphatic carbocycles. The number of nitro groups is 1. The fraction of sp³-hybridized carbons (Fsp3) is 0.0800. The molecule has 0 aliphatic rings. The Morgan fingerprint density at radius 3 is 2.50 bits per heavy atom. The molecule has 0 atom stereocenters. The van der Waals surface area contributed by atoms with E-state index < -0.39 is 16.7 Å². The lowest BCUT2D eigenvalue weighted by atomic mass is 10.1. The third-order valence-electron chi connectivity index (χ3n) is 4.68. The summed E-state index contributed by atoms with van der Waals surface area (Å²) in [7, 11) is 1.54. The van der Waals surface area contributed by atoms with Gasteiger partial charge >= 0.3 is 0 Å². The Balaban J connectivity index is 1.73. The molecular weight excluding hydrogens is 532 g/mol. The van der Waals surface area contributed by atoms with E-state index in [0.29, 0.717) is 21.5 Å². The molecule has 0 unspecified atom stereocenters. The second kappa shape index (κ2) is 12.1. The predicted octanol–water partition coefficient (Wildman–Crippen LogP) is 4.93. The van der Waals surface area contributed by atoms with Gasteiger partial charge in [0.2, 0.25) is 0 Å². The van der Waals surface area contributed by atoms with Gasteiger partial charge in [-0.3, -0.25) is 19.7 Å². The fourth-order valence-corrected chi connectivity index (χ4v) is 3.36. The van der Waals surface area contributed by atoms with Crippen LogP contribution >= 0.6 is 15.9 Å². The van der Waals surface area contributed by atoms with Crippen molar-refractivity contribution in [1.29, 1.82) is 5.26 Å². The highest BCUT2D eigenvalue weighted by Crippen LogP contribution is 2.26. The van der Waals surface area contributed by atoms with Gasteiger partial charge in [0.1, 0.15) is 23.1 Å². The van der Waals surface area contributed by atoms with E-state index in [0.717, 1.165) is 0 Å². The molecule has 3 aromatic carbocycles. The molecule has 10 nitrogen and oxygen atoms in total. The molecule has 0 bridgehead atoms. The molecule has 3 aromatic rings. The van der Waals surface area contributed by atoms with E-state index in [1.807, 2.05) is 6.07 Å². The van der Waals surface area contributed by atoms with Crippen molar-refractivity contribution in [2.45, 2.75) is 0 Å². The van der Waals surface area contributed by atoms with E-state index in [4.69, 9.17) is 9.47 Å². The number of hydrogen-bond donors (Lipinski definition) is 2. The van der Waals surface area contributed by atoms with Gasteiger partial charge in [-0.25, -0.2) is 0 Å². The van der Waals surface area contributed by atoms with E-state index in [-0.39, 0.29) is 29.3 Å². The van der Waals surface area contributed by atoms with E-state index in [1.54, 1.807) is 49.6 Å². The Hall–Kier alpha value is -4.69. The summed E-state index contributed by atoms with van der Waals surface area (Å²) in [6.07, 6.45) is 1.30. The third-order valence-corrected chi connectivity index (χ3v) is 5.18. The summed E-state index contributed by atoms with van der Waals surface area (Å²) >= 11 is 3.33. The molecule has 0 aromatic heterocycles. The number of carbonyl (C=O) groups excluding carboxylic acids is 2. The second-order valence-corrected chi connectivity index (χ2v) is 8.09. The molecule has 3 rings (SSSR count). The highest BCUT2D eigenvalue weighted by molar-refractivity contribution is 9.10. The number of non-ortho nitro benzene ring substituents is 1. The van der Waals surface area contributed by atoms with E-state index >= 15 is 0 Å². The van der Waals surface area contributed by atoms with Gasteiger partial charge < -0.3 is 20.1 Å². The molecule has 0 spiro atoms. The first-order chi connectivity index (χ1) is 17.3. The number of halogens is 1. The minimum Gasteiger partial charge on any atom is -0.497 e. The van der Waals surface area contributed by atoms with Crippen LogP contribution in [0, 0.1) is 21.4 Å². The number of ether oxygens (including phenoxy) is 2. The van der Waals surface area contributed by atoms with Crippen molar-refractivity contribution in [3.63, 3.8) is 0 Å². The smallest absolute Gasteiger partial charge is 0.271 e. The van der Waals surface area contributed by atoms with Gasteiger partial charge in [-0.2, -0.15) is 5.26 Å². The third kappa shape index (κ3) is 7.15. The highest BCUT2D eigenvalue weighted by Gasteiger charge is 2.14. The van der Waals surface area contributed by atoms with Crippen LogP contribution in [0.1, 0.15) is 5.56 Å². The Labute approximate surface area is 214 Å². The van der Waals surface area contributed by atoms with Crippen molar-refractivity contribution >= 4 is 50.9 Å². The summed E-state index contributed by atoms with van der Waals surface area (Å²) in [5.41, 5.74) is 0.617. The Morgan fingerprint density at radius 2 is 1.83 bits per heavy atom. The molecule has 0 heterocycles. The lowest BCUT2D eigenvalue weighted by molar-refractivity contribution is -0.384. The minimum absolute atomic E-state index is 0.163. The van der Waals surface area contributed by atoms with E-state index in [1.165, 1.54) is 30.3 Å². The number of amides is 2. The van der Waals surface area contributed by atoms with Gasteiger partial charge in [0, 0.05) is 33.5 Å². The minimum atomic E-state index is -0.763. The molecule has 182 valence electrons. The van der Waals surface area contributed by atoms with Crippen molar-refractivity contribution in [3.8, 4) is 17.6 Å². The monoisotopic (exact) mass is 550 g/mol. The number of methoxy groups -OCH3 is 1. The van der Waals surface area contributed by atoms with Crippen LogP contribution in [0.5, 0.6) is 11.5 Å². The molecule has 0 saturated carbocycles. The molecule has 11 heteroatoms. The second-order valence-electron chi connectivity index (χ2n) is 7.18. The van der Waals surface area contributed by atoms with Gasteiger partial charge in [-0.15, -0.1) is 0 Å². The van der Waals surface area contributed by atoms with Crippen LogP contribution in [0.4, 0.5) is 17.1 Å². The fourth-order valence-electron chi connectivity index (χ4n) is 2.98. The van der Waals surface area contributed by atoms with Crippen LogP contribution in [-0.2, 0) is 9.59 Å². The van der Waals surface area contributed by atoms with Crippen molar-refractivity contribution in [2.75, 3.05) is 24.4 Å². The summed E-state index contributed by atoms with van der Waals surface area (Å²) < 4.78 is 11.4. The first kappa shape index (κ1) is 25.9. The number of nitro benzene ring substituents is 1. The van der Waals surface area contributed by atoms with Crippen molar-refractivity contribution in [2.24, 2.45) is 0 Å². The molecule has 0 aliphatic heterocycles. The van der Waals surface area contributed by atoms with Gasteiger partial charge in [-0.1, -0.05) is 22.0 Å². The number of benzene rings is 3. The number of nitrogens with zero attached hydrogens (tertiary/aromatic N) is 2. The lowest BCUT2D eigenvalue weighted by Crippen LogP contribution is -2.20. The first-order valence-electron chi connectivity index (χ1n) is 10.3. The van der Waals surface area contributed by atoms with Crippen molar-refractivity contribution in [1.82, 2.24) is 0 Å². The first-order valence-corrected chi connectivity index (χ1v) is 11.1. The Kier molecular flexibility index (Phi) is 8.74. The summed E-state index contributed by atoms with van der Waals surface area (Å²) in [6.45, 7) is -0.323. The number of rotatable bonds is 9. The van der Waals surface area contributed by atoms with Crippen molar-refractivity contribution < 1.29 is 24.0 Å². The number of nitriles is 1. The normalized spacial score (nSPS) is 10.6. The highest BCUT2D eigenvalue weighted by atomic mass is 79.9. The van der Waals surface area contributed by atoms with Crippen LogP contribution in [0.15, 0.2) is 76.8 Å². The molecule has 2 N–H and O–H groups in total. The van der Waals surface area contributed by atoms with E-state index in [2.05, 4.69) is 26.6 Å². The zero-order chi connectivity index (χ0) is 26.1. The number of nitrogens with one attached hydrogen (secondary N) is 2. The standard InChI is InChI=1S/C25H19BrN4O6/c1-35-22-8-6-19(7-9-22)28-24(31)15-36-23-10-5-18(26)12-16(23)11-17(14-27)25(32)29-20-3-2-4-21(13-20)30(33)34/h2-13H,15H2,1H3,(H,28,31)(H,29,32)/b17-11-. The zero-order valence-electron chi connectivity index (χ0n) is 18.9. The average molecular weight is 551 g/mol. The molecule has 0 saturated heterocycles. The Morgan fingerprint density at radius 1 is 1.08 bits per heavy atom. The predicted molar refractivity (Wildman–Crippen MR) is 137 cm³/mol. The maximum atomic E-state index is 12.6.